The van der Waals surface area contributed by atoms with Crippen LogP contribution in [0, 0.1) is 0 Å². The van der Waals surface area contributed by atoms with Crippen molar-refractivity contribution in [3.05, 3.63) is 33.8 Å². The first-order chi connectivity index (χ1) is 6.15. The maximum Gasteiger partial charge on any atom is 0.142 e. The lowest BCUT2D eigenvalue weighted by atomic mass is 10.2. The molecule has 0 bridgehead atoms. The van der Waals surface area contributed by atoms with Gasteiger partial charge in [-0.05, 0) is 24.3 Å². The second-order valence-electron chi connectivity index (χ2n) is 2.32. The number of aromatic hydroxyl groups is 1. The smallest absolute Gasteiger partial charge is 0.142 e. The molecule has 0 saturated heterocycles. The molecule has 0 heterocycles. The van der Waals surface area contributed by atoms with Gasteiger partial charge in [0.2, 0.25) is 0 Å². The molecule has 0 aliphatic rings. The van der Waals surface area contributed by atoms with Crippen molar-refractivity contribution in [3.63, 3.8) is 0 Å². The SMILES string of the molecule is O=C/C=C/c1c(O)cc(Cl)cc1Cl. The van der Waals surface area contributed by atoms with Gasteiger partial charge in [0.25, 0.3) is 0 Å². The minimum absolute atomic E-state index is 0.0457. The lowest BCUT2D eigenvalue weighted by Gasteiger charge is -2.01. The molecule has 1 N–H and O–H groups in total. The molecule has 1 rings (SSSR count). The Morgan fingerprint density at radius 2 is 2.00 bits per heavy atom. The van der Waals surface area contributed by atoms with Crippen molar-refractivity contribution in [2.45, 2.75) is 0 Å². The number of benzene rings is 1. The fourth-order valence-electron chi connectivity index (χ4n) is 0.872. The van der Waals surface area contributed by atoms with E-state index in [2.05, 4.69) is 0 Å². The van der Waals surface area contributed by atoms with Crippen LogP contribution in [-0.4, -0.2) is 11.4 Å². The molecule has 0 aliphatic carbocycles. The Kier molecular flexibility index (Phi) is 3.34. The van der Waals surface area contributed by atoms with Gasteiger partial charge in [-0.2, -0.15) is 0 Å². The highest BCUT2D eigenvalue weighted by molar-refractivity contribution is 6.35. The van der Waals surface area contributed by atoms with Crippen molar-refractivity contribution in [3.8, 4) is 5.75 Å². The Morgan fingerprint density at radius 3 is 2.54 bits per heavy atom. The van der Waals surface area contributed by atoms with Gasteiger partial charge >= 0.3 is 0 Å². The molecular weight excluding hydrogens is 211 g/mol. The van der Waals surface area contributed by atoms with Crippen LogP contribution < -0.4 is 0 Å². The van der Waals surface area contributed by atoms with Crippen LogP contribution in [0.25, 0.3) is 6.08 Å². The van der Waals surface area contributed by atoms with Gasteiger partial charge in [0, 0.05) is 10.6 Å². The summed E-state index contributed by atoms with van der Waals surface area (Å²) in [5.41, 5.74) is 0.387. The zero-order valence-corrected chi connectivity index (χ0v) is 8.01. The molecule has 13 heavy (non-hydrogen) atoms. The number of carbonyl (C=O) groups is 1. The number of carbonyl (C=O) groups excluding carboxylic acids is 1. The van der Waals surface area contributed by atoms with Crippen molar-refractivity contribution in [2.24, 2.45) is 0 Å². The molecule has 0 unspecified atom stereocenters. The average molecular weight is 217 g/mol. The summed E-state index contributed by atoms with van der Waals surface area (Å²) in [5.74, 6) is -0.0457. The molecule has 0 atom stereocenters. The average Bonchev–Trinajstić information content (AvgIpc) is 2.02. The van der Waals surface area contributed by atoms with Crippen molar-refractivity contribution >= 4 is 35.6 Å². The third-order valence-electron chi connectivity index (χ3n) is 1.41. The van der Waals surface area contributed by atoms with E-state index in [1.54, 1.807) is 0 Å². The zero-order chi connectivity index (χ0) is 9.84. The second-order valence-corrected chi connectivity index (χ2v) is 3.16. The van der Waals surface area contributed by atoms with E-state index in [1.807, 2.05) is 0 Å². The molecule has 0 aliphatic heterocycles. The van der Waals surface area contributed by atoms with Crippen LogP contribution in [-0.2, 0) is 4.79 Å². The number of rotatable bonds is 2. The molecule has 68 valence electrons. The summed E-state index contributed by atoms with van der Waals surface area (Å²) >= 11 is 11.4. The fourth-order valence-corrected chi connectivity index (χ4v) is 1.42. The molecular formula is C9H6Cl2O2. The van der Waals surface area contributed by atoms with E-state index in [1.165, 1.54) is 24.3 Å². The summed E-state index contributed by atoms with van der Waals surface area (Å²) in [6.07, 6.45) is 3.26. The highest BCUT2D eigenvalue weighted by Crippen LogP contribution is 2.30. The lowest BCUT2D eigenvalue weighted by Crippen LogP contribution is -1.78. The maximum atomic E-state index is 10.0. The van der Waals surface area contributed by atoms with Crippen LogP contribution >= 0.6 is 23.2 Å². The zero-order valence-electron chi connectivity index (χ0n) is 6.50. The van der Waals surface area contributed by atoms with Crippen molar-refractivity contribution in [1.82, 2.24) is 0 Å². The molecule has 0 radical (unpaired) electrons. The minimum atomic E-state index is -0.0457. The molecule has 0 fully saturated rings. The predicted octanol–water partition coefficient (Wildman–Crippen LogP) is 2.91. The molecule has 0 aromatic heterocycles. The van der Waals surface area contributed by atoms with Gasteiger partial charge in [-0.1, -0.05) is 23.2 Å². The first kappa shape index (κ1) is 10.1. The van der Waals surface area contributed by atoms with Gasteiger partial charge in [-0.15, -0.1) is 0 Å². The van der Waals surface area contributed by atoms with Crippen LogP contribution in [0.4, 0.5) is 0 Å². The summed E-state index contributed by atoms with van der Waals surface area (Å²) in [4.78, 5) is 10.0. The third kappa shape index (κ3) is 2.47. The summed E-state index contributed by atoms with van der Waals surface area (Å²) < 4.78 is 0. The second kappa shape index (κ2) is 4.30. The highest BCUT2D eigenvalue weighted by Gasteiger charge is 2.04. The first-order valence-electron chi connectivity index (χ1n) is 3.45. The maximum absolute atomic E-state index is 10.0. The molecule has 0 amide bonds. The molecule has 4 heteroatoms. The first-order valence-corrected chi connectivity index (χ1v) is 4.20. The Labute approximate surface area is 85.4 Å². The standard InChI is InChI=1S/C9H6Cl2O2/c10-6-4-8(11)7(2-1-3-12)9(13)5-6/h1-5,13H/b2-1+. The summed E-state index contributed by atoms with van der Waals surface area (Å²) in [5, 5.41) is 10.0. The van der Waals surface area contributed by atoms with Crippen LogP contribution in [0.5, 0.6) is 5.75 Å². The predicted molar refractivity (Wildman–Crippen MR) is 53.2 cm³/mol. The van der Waals surface area contributed by atoms with E-state index >= 15 is 0 Å². The fraction of sp³-hybridized carbons (Fsp3) is 0. The molecule has 2 nitrogen and oxygen atoms in total. The van der Waals surface area contributed by atoms with E-state index in [0.717, 1.165) is 0 Å². The van der Waals surface area contributed by atoms with Gasteiger partial charge in [-0.25, -0.2) is 0 Å². The Balaban J connectivity index is 3.20. The summed E-state index contributed by atoms with van der Waals surface area (Å²) in [7, 11) is 0. The minimum Gasteiger partial charge on any atom is -0.507 e. The van der Waals surface area contributed by atoms with E-state index in [4.69, 9.17) is 23.2 Å². The van der Waals surface area contributed by atoms with Crippen molar-refractivity contribution < 1.29 is 9.90 Å². The van der Waals surface area contributed by atoms with E-state index in [-0.39, 0.29) is 5.75 Å². The van der Waals surface area contributed by atoms with Crippen LogP contribution in [0.1, 0.15) is 5.56 Å². The third-order valence-corrected chi connectivity index (χ3v) is 1.94. The number of phenolic OH excluding ortho intramolecular Hbond substituents is 1. The van der Waals surface area contributed by atoms with Gasteiger partial charge in [0.1, 0.15) is 12.0 Å². The van der Waals surface area contributed by atoms with E-state index in [0.29, 0.717) is 21.9 Å². The Bertz CT molecular complexity index is 336. The number of hydrogen-bond donors (Lipinski definition) is 1. The highest BCUT2D eigenvalue weighted by atomic mass is 35.5. The van der Waals surface area contributed by atoms with Crippen LogP contribution in [0.2, 0.25) is 10.0 Å². The molecule has 1 aromatic carbocycles. The number of halogens is 2. The quantitative estimate of drug-likeness (QED) is 0.610. The molecule has 0 saturated carbocycles. The van der Waals surface area contributed by atoms with Gasteiger partial charge in [0.15, 0.2) is 0 Å². The van der Waals surface area contributed by atoms with E-state index < -0.39 is 0 Å². The van der Waals surface area contributed by atoms with Crippen molar-refractivity contribution in [1.29, 1.82) is 0 Å². The van der Waals surface area contributed by atoms with Crippen LogP contribution in [0.3, 0.4) is 0 Å². The largest absolute Gasteiger partial charge is 0.507 e. The normalized spacial score (nSPS) is 10.6. The lowest BCUT2D eigenvalue weighted by molar-refractivity contribution is -0.104. The molecule has 1 aromatic rings. The number of allylic oxidation sites excluding steroid dienone is 1. The monoisotopic (exact) mass is 216 g/mol. The van der Waals surface area contributed by atoms with Crippen LogP contribution in [0.15, 0.2) is 18.2 Å². The summed E-state index contributed by atoms with van der Waals surface area (Å²) in [6.45, 7) is 0. The number of aldehydes is 1. The van der Waals surface area contributed by atoms with E-state index in [9.17, 15) is 9.90 Å². The van der Waals surface area contributed by atoms with Gasteiger partial charge < -0.3 is 5.11 Å². The summed E-state index contributed by atoms with van der Waals surface area (Å²) in [6, 6.07) is 2.85. The Hall–Kier alpha value is -0.990. The van der Waals surface area contributed by atoms with Gasteiger partial charge in [0.05, 0.1) is 5.02 Å². The van der Waals surface area contributed by atoms with Gasteiger partial charge in [-0.3, -0.25) is 4.79 Å². The number of phenols is 1. The topological polar surface area (TPSA) is 37.3 Å². The molecule has 0 spiro atoms. The van der Waals surface area contributed by atoms with Crippen molar-refractivity contribution in [2.75, 3.05) is 0 Å². The Morgan fingerprint density at radius 1 is 1.31 bits per heavy atom. The number of hydrogen-bond acceptors (Lipinski definition) is 2.